The summed E-state index contributed by atoms with van der Waals surface area (Å²) in [5.41, 5.74) is -0.947. The summed E-state index contributed by atoms with van der Waals surface area (Å²) in [6.07, 6.45) is 0.504. The van der Waals surface area contributed by atoms with Gasteiger partial charge in [-0.3, -0.25) is 4.79 Å². The molecule has 0 aliphatic carbocycles. The van der Waals surface area contributed by atoms with Crippen LogP contribution in [-0.2, 0) is 9.53 Å². The molecule has 0 spiro atoms. The fourth-order valence-corrected chi connectivity index (χ4v) is 3.54. The maximum absolute atomic E-state index is 12.2. The number of thioether (sulfide) groups is 1. The first-order valence-corrected chi connectivity index (χ1v) is 7.49. The summed E-state index contributed by atoms with van der Waals surface area (Å²) in [6, 6.07) is 4.20. The Balaban J connectivity index is 2.23. The summed E-state index contributed by atoms with van der Waals surface area (Å²) in [7, 11) is 1.29. The molecule has 2 N–H and O–H groups in total. The largest absolute Gasteiger partial charge is 0.507 e. The number of benzene rings is 1. The second kappa shape index (κ2) is 5.93. The van der Waals surface area contributed by atoms with Gasteiger partial charge in [-0.05, 0) is 30.4 Å². The Morgan fingerprint density at radius 2 is 2.25 bits per heavy atom. The fraction of sp³-hybridized carbons (Fsp3) is 0.385. The van der Waals surface area contributed by atoms with E-state index in [1.54, 1.807) is 11.8 Å². The number of amides is 1. The molecule has 0 bridgehead atoms. The van der Waals surface area contributed by atoms with Crippen molar-refractivity contribution in [2.45, 2.75) is 12.0 Å². The van der Waals surface area contributed by atoms with Gasteiger partial charge in [-0.15, -0.1) is 0 Å². The van der Waals surface area contributed by atoms with Gasteiger partial charge < -0.3 is 15.2 Å². The van der Waals surface area contributed by atoms with Gasteiger partial charge in [0.15, 0.2) is 0 Å². The van der Waals surface area contributed by atoms with E-state index in [0.717, 1.165) is 5.75 Å². The molecule has 1 atom stereocenters. The molecule has 0 radical (unpaired) electrons. The van der Waals surface area contributed by atoms with E-state index in [1.165, 1.54) is 25.3 Å². The minimum Gasteiger partial charge on any atom is -0.507 e. The molecule has 1 amide bonds. The van der Waals surface area contributed by atoms with Crippen molar-refractivity contribution >= 4 is 35.2 Å². The van der Waals surface area contributed by atoms with E-state index in [9.17, 15) is 14.7 Å². The third kappa shape index (κ3) is 2.86. The van der Waals surface area contributed by atoms with Crippen LogP contribution >= 0.6 is 23.4 Å². The molecule has 1 aromatic carbocycles. The molecule has 1 aromatic rings. The van der Waals surface area contributed by atoms with Gasteiger partial charge in [0, 0.05) is 10.8 Å². The van der Waals surface area contributed by atoms with E-state index in [1.807, 2.05) is 0 Å². The highest BCUT2D eigenvalue weighted by Gasteiger charge is 2.44. The highest BCUT2D eigenvalue weighted by atomic mass is 35.5. The highest BCUT2D eigenvalue weighted by Crippen LogP contribution is 2.30. The number of methoxy groups -OCH3 is 1. The zero-order chi connectivity index (χ0) is 14.8. The fourth-order valence-electron chi connectivity index (χ4n) is 2.05. The first-order chi connectivity index (χ1) is 9.48. The minimum atomic E-state index is -1.03. The van der Waals surface area contributed by atoms with Crippen molar-refractivity contribution in [3.05, 3.63) is 28.8 Å². The second-order valence-electron chi connectivity index (χ2n) is 4.49. The summed E-state index contributed by atoms with van der Waals surface area (Å²) in [4.78, 5) is 24.1. The SMILES string of the molecule is COC(=O)[C@@]1(NC(=O)c2ccc(Cl)cc2O)CCSC1. The second-order valence-corrected chi connectivity index (χ2v) is 6.03. The van der Waals surface area contributed by atoms with Crippen LogP contribution < -0.4 is 5.32 Å². The van der Waals surface area contributed by atoms with Crippen molar-refractivity contribution in [1.82, 2.24) is 5.32 Å². The predicted octanol–water partition coefficient (Wildman–Crippen LogP) is 1.82. The van der Waals surface area contributed by atoms with Gasteiger partial charge in [0.05, 0.1) is 12.7 Å². The maximum Gasteiger partial charge on any atom is 0.332 e. The average Bonchev–Trinajstić information content (AvgIpc) is 2.87. The van der Waals surface area contributed by atoms with Gasteiger partial charge in [0.25, 0.3) is 5.91 Å². The smallest absolute Gasteiger partial charge is 0.332 e. The Morgan fingerprint density at radius 3 is 2.80 bits per heavy atom. The number of ether oxygens (including phenoxy) is 1. The van der Waals surface area contributed by atoms with Crippen molar-refractivity contribution in [2.75, 3.05) is 18.6 Å². The number of phenols is 1. The lowest BCUT2D eigenvalue weighted by Gasteiger charge is -2.26. The van der Waals surface area contributed by atoms with Crippen LogP contribution in [0.4, 0.5) is 0 Å². The summed E-state index contributed by atoms with van der Waals surface area (Å²) in [5, 5.41) is 12.8. The molecule has 1 saturated heterocycles. The molecule has 1 aliphatic heterocycles. The first kappa shape index (κ1) is 15.0. The van der Waals surface area contributed by atoms with Crippen LogP contribution in [0.2, 0.25) is 5.02 Å². The zero-order valence-corrected chi connectivity index (χ0v) is 12.4. The molecule has 1 aliphatic rings. The number of esters is 1. The first-order valence-electron chi connectivity index (χ1n) is 5.96. The van der Waals surface area contributed by atoms with Crippen molar-refractivity contribution in [3.8, 4) is 5.75 Å². The molecule has 0 aromatic heterocycles. The number of halogens is 1. The Labute approximate surface area is 125 Å². The molecule has 2 rings (SSSR count). The van der Waals surface area contributed by atoms with Gasteiger partial charge in [-0.25, -0.2) is 4.79 Å². The lowest BCUT2D eigenvalue weighted by atomic mass is 9.98. The normalized spacial score (nSPS) is 21.5. The summed E-state index contributed by atoms with van der Waals surface area (Å²) >= 11 is 7.29. The Hall–Kier alpha value is -1.40. The van der Waals surface area contributed by atoms with Crippen LogP contribution in [0, 0.1) is 0 Å². The number of rotatable bonds is 3. The number of phenolic OH excluding ortho intramolecular Hbond substituents is 1. The van der Waals surface area contributed by atoms with Gasteiger partial charge in [-0.2, -0.15) is 11.8 Å². The molecular weight excluding hydrogens is 302 g/mol. The van der Waals surface area contributed by atoms with E-state index in [0.29, 0.717) is 17.2 Å². The summed E-state index contributed by atoms with van der Waals surface area (Å²) in [5.74, 6) is 0.0129. The molecule has 5 nitrogen and oxygen atoms in total. The van der Waals surface area contributed by atoms with Crippen LogP contribution in [0.3, 0.4) is 0 Å². The highest BCUT2D eigenvalue weighted by molar-refractivity contribution is 7.99. The van der Waals surface area contributed by atoms with E-state index >= 15 is 0 Å². The Kier molecular flexibility index (Phi) is 4.45. The van der Waals surface area contributed by atoms with E-state index in [2.05, 4.69) is 5.32 Å². The van der Waals surface area contributed by atoms with Gasteiger partial charge in [0.2, 0.25) is 0 Å². The third-order valence-electron chi connectivity index (χ3n) is 3.15. The van der Waals surface area contributed by atoms with Gasteiger partial charge in [0.1, 0.15) is 11.3 Å². The molecule has 1 heterocycles. The molecule has 1 fully saturated rings. The summed E-state index contributed by atoms with van der Waals surface area (Å²) < 4.78 is 4.77. The lowest BCUT2D eigenvalue weighted by Crippen LogP contribution is -2.55. The van der Waals surface area contributed by atoms with E-state index < -0.39 is 17.4 Å². The van der Waals surface area contributed by atoms with Crippen LogP contribution in [0.15, 0.2) is 18.2 Å². The molecule has 0 unspecified atom stereocenters. The monoisotopic (exact) mass is 315 g/mol. The van der Waals surface area contributed by atoms with Crippen LogP contribution in [0.25, 0.3) is 0 Å². The maximum atomic E-state index is 12.2. The number of nitrogens with one attached hydrogen (secondary N) is 1. The number of hydrogen-bond donors (Lipinski definition) is 2. The quantitative estimate of drug-likeness (QED) is 0.832. The standard InChI is InChI=1S/C13H14ClNO4S/c1-19-12(18)13(4-5-20-7-13)15-11(17)9-3-2-8(14)6-10(9)16/h2-3,6,16H,4-5,7H2,1H3,(H,15,17)/t13-/m1/s1. The molecule has 0 saturated carbocycles. The van der Waals surface area contributed by atoms with E-state index in [4.69, 9.17) is 16.3 Å². The molecule has 20 heavy (non-hydrogen) atoms. The van der Waals surface area contributed by atoms with Crippen molar-refractivity contribution < 1.29 is 19.4 Å². The predicted molar refractivity (Wildman–Crippen MR) is 77.3 cm³/mol. The zero-order valence-electron chi connectivity index (χ0n) is 10.8. The summed E-state index contributed by atoms with van der Waals surface area (Å²) in [6.45, 7) is 0. The topological polar surface area (TPSA) is 75.6 Å². The number of carbonyl (C=O) groups excluding carboxylic acids is 2. The number of carbonyl (C=O) groups is 2. The Morgan fingerprint density at radius 1 is 1.50 bits per heavy atom. The molecular formula is C13H14ClNO4S. The molecule has 7 heteroatoms. The number of hydrogen-bond acceptors (Lipinski definition) is 5. The molecule has 108 valence electrons. The van der Waals surface area contributed by atoms with E-state index in [-0.39, 0.29) is 11.3 Å². The third-order valence-corrected chi connectivity index (χ3v) is 4.58. The van der Waals surface area contributed by atoms with Gasteiger partial charge >= 0.3 is 5.97 Å². The Bertz CT molecular complexity index is 543. The number of aromatic hydroxyl groups is 1. The van der Waals surface area contributed by atoms with Crippen LogP contribution in [0.5, 0.6) is 5.75 Å². The van der Waals surface area contributed by atoms with Gasteiger partial charge in [-0.1, -0.05) is 11.6 Å². The van der Waals surface area contributed by atoms with Crippen LogP contribution in [-0.4, -0.2) is 41.1 Å². The minimum absolute atomic E-state index is 0.0783. The lowest BCUT2D eigenvalue weighted by molar-refractivity contribution is -0.147. The van der Waals surface area contributed by atoms with Crippen molar-refractivity contribution in [1.29, 1.82) is 0 Å². The van der Waals surface area contributed by atoms with Crippen LogP contribution in [0.1, 0.15) is 16.8 Å². The van der Waals surface area contributed by atoms with Crippen molar-refractivity contribution in [2.24, 2.45) is 0 Å². The average molecular weight is 316 g/mol. The van der Waals surface area contributed by atoms with Crippen molar-refractivity contribution in [3.63, 3.8) is 0 Å².